The molecule has 0 saturated heterocycles. The van der Waals surface area contributed by atoms with Crippen molar-refractivity contribution in [3.05, 3.63) is 28.8 Å². The molecule has 0 aliphatic heterocycles. The molecular formula is C20H31N3O2S. The van der Waals surface area contributed by atoms with Crippen LogP contribution in [0, 0.1) is 0 Å². The van der Waals surface area contributed by atoms with Crippen molar-refractivity contribution in [3.8, 4) is 5.75 Å². The van der Waals surface area contributed by atoms with E-state index in [9.17, 15) is 9.90 Å². The topological polar surface area (TPSA) is 73.4 Å². The molecule has 6 heteroatoms. The van der Waals surface area contributed by atoms with Crippen LogP contribution < -0.4 is 16.2 Å². The highest BCUT2D eigenvalue weighted by Crippen LogP contribution is 2.32. The molecule has 5 nitrogen and oxygen atoms in total. The lowest BCUT2D eigenvalue weighted by Crippen LogP contribution is -2.50. The van der Waals surface area contributed by atoms with Gasteiger partial charge in [-0.15, -0.1) is 0 Å². The van der Waals surface area contributed by atoms with E-state index in [2.05, 4.69) is 30.0 Å². The number of hydrazine groups is 1. The van der Waals surface area contributed by atoms with Crippen LogP contribution in [0.25, 0.3) is 0 Å². The highest BCUT2D eigenvalue weighted by molar-refractivity contribution is 7.80. The second-order valence-corrected chi connectivity index (χ2v) is 8.11. The largest absolute Gasteiger partial charge is 0.507 e. The maximum atomic E-state index is 12.6. The molecule has 1 aliphatic carbocycles. The molecule has 1 fully saturated rings. The molecule has 1 amide bonds. The first-order valence-electron chi connectivity index (χ1n) is 9.53. The van der Waals surface area contributed by atoms with E-state index in [4.69, 9.17) is 12.2 Å². The smallest absolute Gasteiger partial charge is 0.273 e. The molecule has 0 radical (unpaired) electrons. The Balaban J connectivity index is 2.04. The van der Waals surface area contributed by atoms with Crippen molar-refractivity contribution < 1.29 is 9.90 Å². The van der Waals surface area contributed by atoms with E-state index >= 15 is 0 Å². The van der Waals surface area contributed by atoms with Crippen LogP contribution in [0.15, 0.2) is 12.1 Å². The number of nitrogens with one attached hydrogen (secondary N) is 3. The Morgan fingerprint density at radius 1 is 1.08 bits per heavy atom. The van der Waals surface area contributed by atoms with Crippen LogP contribution in [0.1, 0.15) is 93.1 Å². The van der Waals surface area contributed by atoms with Gasteiger partial charge in [-0.1, -0.05) is 53.0 Å². The lowest BCUT2D eigenvalue weighted by Gasteiger charge is -2.24. The van der Waals surface area contributed by atoms with E-state index in [0.29, 0.717) is 11.2 Å². The summed E-state index contributed by atoms with van der Waals surface area (Å²) in [6.45, 7) is 8.14. The number of hydrogen-bond donors (Lipinski definition) is 4. The zero-order chi connectivity index (χ0) is 19.3. The first kappa shape index (κ1) is 20.5. The van der Waals surface area contributed by atoms with Crippen LogP contribution in [0.3, 0.4) is 0 Å². The summed E-state index contributed by atoms with van der Waals surface area (Å²) >= 11 is 5.27. The number of amides is 1. The van der Waals surface area contributed by atoms with E-state index in [-0.39, 0.29) is 29.1 Å². The normalized spacial score (nSPS) is 15.2. The summed E-state index contributed by atoms with van der Waals surface area (Å²) in [4.78, 5) is 12.6. The number of hydrogen-bond acceptors (Lipinski definition) is 3. The van der Waals surface area contributed by atoms with Crippen LogP contribution in [-0.4, -0.2) is 22.2 Å². The molecule has 4 N–H and O–H groups in total. The lowest BCUT2D eigenvalue weighted by molar-refractivity contribution is 0.0940. The number of rotatable bonds is 4. The first-order valence-corrected chi connectivity index (χ1v) is 9.94. The standard InChI is InChI=1S/C20H31N3O2S/c1-12(2)14-10-16(13(3)4)18(24)17(11-14)19(25)22-23-20(26)21-15-8-6-5-7-9-15/h10-13,15,24H,5-9H2,1-4H3,(H,22,25)(H2,21,23,26). The summed E-state index contributed by atoms with van der Waals surface area (Å²) in [5, 5.41) is 14.2. The van der Waals surface area contributed by atoms with E-state index in [0.717, 1.165) is 24.0 Å². The Labute approximate surface area is 161 Å². The van der Waals surface area contributed by atoms with Crippen LogP contribution in [0.4, 0.5) is 0 Å². The molecule has 1 aliphatic rings. The predicted octanol–water partition coefficient (Wildman–Crippen LogP) is 4.08. The lowest BCUT2D eigenvalue weighted by atomic mass is 9.92. The number of benzene rings is 1. The third-order valence-electron chi connectivity index (χ3n) is 4.92. The monoisotopic (exact) mass is 377 g/mol. The van der Waals surface area contributed by atoms with Gasteiger partial charge in [0, 0.05) is 6.04 Å². The molecular weight excluding hydrogens is 346 g/mol. The third kappa shape index (κ3) is 5.34. The summed E-state index contributed by atoms with van der Waals surface area (Å²) < 4.78 is 0. The van der Waals surface area contributed by atoms with Crippen molar-refractivity contribution in [1.82, 2.24) is 16.2 Å². The average Bonchev–Trinajstić information content (AvgIpc) is 2.60. The van der Waals surface area contributed by atoms with Gasteiger partial charge in [0.15, 0.2) is 5.11 Å². The molecule has 1 aromatic rings. The molecule has 0 atom stereocenters. The zero-order valence-electron chi connectivity index (χ0n) is 16.2. The Morgan fingerprint density at radius 3 is 2.31 bits per heavy atom. The van der Waals surface area contributed by atoms with Gasteiger partial charge in [0.25, 0.3) is 5.91 Å². The van der Waals surface area contributed by atoms with Gasteiger partial charge in [0.1, 0.15) is 5.75 Å². The van der Waals surface area contributed by atoms with Gasteiger partial charge in [0.05, 0.1) is 5.56 Å². The molecule has 1 aromatic carbocycles. The summed E-state index contributed by atoms with van der Waals surface area (Å²) in [6.07, 6.45) is 5.90. The number of carbonyl (C=O) groups excluding carboxylic acids is 1. The van der Waals surface area contributed by atoms with Gasteiger partial charge in [-0.2, -0.15) is 0 Å². The molecule has 0 heterocycles. The summed E-state index contributed by atoms with van der Waals surface area (Å²) in [7, 11) is 0. The highest BCUT2D eigenvalue weighted by Gasteiger charge is 2.20. The van der Waals surface area contributed by atoms with Gasteiger partial charge in [-0.3, -0.25) is 15.6 Å². The van der Waals surface area contributed by atoms with Crippen LogP contribution in [0.5, 0.6) is 5.75 Å². The Bertz CT molecular complexity index is 653. The van der Waals surface area contributed by atoms with E-state index in [1.54, 1.807) is 6.07 Å². The maximum Gasteiger partial charge on any atom is 0.273 e. The van der Waals surface area contributed by atoms with Gasteiger partial charge in [-0.25, -0.2) is 0 Å². The minimum atomic E-state index is -0.389. The van der Waals surface area contributed by atoms with E-state index in [1.807, 2.05) is 19.9 Å². The Morgan fingerprint density at radius 2 is 1.73 bits per heavy atom. The quantitative estimate of drug-likeness (QED) is 0.470. The van der Waals surface area contributed by atoms with E-state index in [1.165, 1.54) is 19.3 Å². The molecule has 144 valence electrons. The second kappa shape index (κ2) is 9.21. The number of phenols is 1. The molecule has 26 heavy (non-hydrogen) atoms. The second-order valence-electron chi connectivity index (χ2n) is 7.70. The number of thiocarbonyl (C=S) groups is 1. The van der Waals surface area contributed by atoms with Crippen molar-refractivity contribution in [2.45, 2.75) is 77.7 Å². The van der Waals surface area contributed by atoms with Gasteiger partial charge in [0.2, 0.25) is 0 Å². The molecule has 0 bridgehead atoms. The van der Waals surface area contributed by atoms with Gasteiger partial charge in [-0.05, 0) is 54.1 Å². The van der Waals surface area contributed by atoms with Crippen LogP contribution in [0.2, 0.25) is 0 Å². The van der Waals surface area contributed by atoms with E-state index < -0.39 is 0 Å². The minimum absolute atomic E-state index is 0.0369. The Hall–Kier alpha value is -1.82. The average molecular weight is 378 g/mol. The fraction of sp³-hybridized carbons (Fsp3) is 0.600. The van der Waals surface area contributed by atoms with Crippen molar-refractivity contribution in [1.29, 1.82) is 0 Å². The van der Waals surface area contributed by atoms with Crippen LogP contribution in [-0.2, 0) is 0 Å². The third-order valence-corrected chi connectivity index (χ3v) is 5.14. The van der Waals surface area contributed by atoms with Crippen LogP contribution >= 0.6 is 12.2 Å². The number of aromatic hydroxyl groups is 1. The van der Waals surface area contributed by atoms with Gasteiger partial charge < -0.3 is 10.4 Å². The predicted molar refractivity (Wildman–Crippen MR) is 109 cm³/mol. The first-order chi connectivity index (χ1) is 12.3. The number of carbonyl (C=O) groups is 1. The van der Waals surface area contributed by atoms with Gasteiger partial charge >= 0.3 is 0 Å². The van der Waals surface area contributed by atoms with Crippen molar-refractivity contribution in [2.24, 2.45) is 0 Å². The fourth-order valence-electron chi connectivity index (χ4n) is 3.28. The maximum absolute atomic E-state index is 12.6. The SMILES string of the molecule is CC(C)c1cc(C(=O)NNC(=S)NC2CCCCC2)c(O)c(C(C)C)c1. The fourth-order valence-corrected chi connectivity index (χ4v) is 3.49. The van der Waals surface area contributed by atoms with Crippen molar-refractivity contribution >= 4 is 23.2 Å². The molecule has 1 saturated carbocycles. The molecule has 2 rings (SSSR count). The van der Waals surface area contributed by atoms with Crippen molar-refractivity contribution in [2.75, 3.05) is 0 Å². The summed E-state index contributed by atoms with van der Waals surface area (Å²) in [5.74, 6) is 0.0402. The number of phenolic OH excluding ortho intramolecular Hbond substituents is 1. The summed E-state index contributed by atoms with van der Waals surface area (Å²) in [6, 6.07) is 4.09. The molecule has 0 spiro atoms. The van der Waals surface area contributed by atoms with Crippen molar-refractivity contribution in [3.63, 3.8) is 0 Å². The Kier molecular flexibility index (Phi) is 7.26. The molecule has 0 aromatic heterocycles. The zero-order valence-corrected chi connectivity index (χ0v) is 17.0. The summed E-state index contributed by atoms with van der Waals surface area (Å²) in [5.41, 5.74) is 7.45. The highest BCUT2D eigenvalue weighted by atomic mass is 32.1. The minimum Gasteiger partial charge on any atom is -0.507 e. The molecule has 0 unspecified atom stereocenters.